The van der Waals surface area contributed by atoms with Crippen molar-refractivity contribution in [2.75, 3.05) is 6.54 Å². The number of amides is 1. The molecule has 0 atom stereocenters. The predicted octanol–water partition coefficient (Wildman–Crippen LogP) is 2.07. The summed E-state index contributed by atoms with van der Waals surface area (Å²) in [4.78, 5) is 27.8. The van der Waals surface area contributed by atoms with Gasteiger partial charge in [0.2, 0.25) is 0 Å². The van der Waals surface area contributed by atoms with Gasteiger partial charge < -0.3 is 15.0 Å². The van der Waals surface area contributed by atoms with Gasteiger partial charge in [-0.3, -0.25) is 9.59 Å². The number of halogens is 2. The Morgan fingerprint density at radius 1 is 1.36 bits per heavy atom. The number of benzene rings is 1. The van der Waals surface area contributed by atoms with Gasteiger partial charge in [0.05, 0.1) is 10.6 Å². The zero-order chi connectivity index (χ0) is 15.9. The number of aromatic nitrogens is 1. The van der Waals surface area contributed by atoms with E-state index in [1.165, 1.54) is 23.2 Å². The van der Waals surface area contributed by atoms with Gasteiger partial charge >= 0.3 is 0 Å². The molecule has 0 saturated heterocycles. The molecule has 0 saturated carbocycles. The molecule has 1 aliphatic heterocycles. The van der Waals surface area contributed by atoms with Crippen LogP contribution in [0.3, 0.4) is 0 Å². The Morgan fingerprint density at radius 2 is 2.14 bits per heavy atom. The summed E-state index contributed by atoms with van der Waals surface area (Å²) in [5.41, 5.74) is 0.616. The number of hydrogen-bond donors (Lipinski definition) is 2. The van der Waals surface area contributed by atoms with E-state index >= 15 is 0 Å². The third kappa shape index (κ3) is 2.46. The van der Waals surface area contributed by atoms with Gasteiger partial charge in [-0.05, 0) is 29.7 Å². The molecule has 0 aliphatic carbocycles. The highest BCUT2D eigenvalue weighted by molar-refractivity contribution is 6.30. The summed E-state index contributed by atoms with van der Waals surface area (Å²) in [6.07, 6.45) is 1.96. The van der Waals surface area contributed by atoms with Crippen molar-refractivity contribution in [3.63, 3.8) is 0 Å². The fourth-order valence-corrected chi connectivity index (χ4v) is 2.72. The van der Waals surface area contributed by atoms with Crippen LogP contribution in [0.4, 0.5) is 4.39 Å². The fourth-order valence-electron chi connectivity index (χ4n) is 2.52. The third-order valence-corrected chi connectivity index (χ3v) is 3.95. The second-order valence-corrected chi connectivity index (χ2v) is 5.50. The largest absolute Gasteiger partial charge is 0.502 e. The first-order valence-corrected chi connectivity index (χ1v) is 7.02. The number of rotatable bonds is 2. The van der Waals surface area contributed by atoms with Crippen LogP contribution in [0.25, 0.3) is 0 Å². The number of pyridine rings is 1. The van der Waals surface area contributed by atoms with E-state index in [-0.39, 0.29) is 17.1 Å². The average Bonchev–Trinajstić information content (AvgIpc) is 2.49. The summed E-state index contributed by atoms with van der Waals surface area (Å²) in [7, 11) is 0. The first-order chi connectivity index (χ1) is 10.5. The Morgan fingerprint density at radius 3 is 2.86 bits per heavy atom. The highest BCUT2D eigenvalue weighted by Gasteiger charge is 2.28. The van der Waals surface area contributed by atoms with Crippen molar-refractivity contribution in [2.24, 2.45) is 0 Å². The lowest BCUT2D eigenvalue weighted by atomic mass is 10.00. The summed E-state index contributed by atoms with van der Waals surface area (Å²) in [5, 5.41) is 9.80. The lowest BCUT2D eigenvalue weighted by Gasteiger charge is -2.28. The molecule has 0 fully saturated rings. The lowest BCUT2D eigenvalue weighted by Crippen LogP contribution is -2.38. The number of nitrogens with one attached hydrogen (secondary N) is 1. The molecule has 22 heavy (non-hydrogen) atoms. The van der Waals surface area contributed by atoms with Crippen LogP contribution in [0.5, 0.6) is 5.75 Å². The molecule has 1 aliphatic rings. The highest BCUT2D eigenvalue weighted by atomic mass is 35.5. The molecular formula is C15H12ClFN2O3. The van der Waals surface area contributed by atoms with Crippen molar-refractivity contribution in [3.05, 3.63) is 62.3 Å². The Labute approximate surface area is 130 Å². The van der Waals surface area contributed by atoms with Crippen molar-refractivity contribution in [1.29, 1.82) is 0 Å². The van der Waals surface area contributed by atoms with Crippen LogP contribution in [-0.2, 0) is 13.0 Å². The first kappa shape index (κ1) is 14.6. The topological polar surface area (TPSA) is 73.4 Å². The van der Waals surface area contributed by atoms with Crippen LogP contribution >= 0.6 is 11.6 Å². The Bertz CT molecular complexity index is 819. The number of nitrogens with zero attached hydrogens (tertiary/aromatic N) is 1. The van der Waals surface area contributed by atoms with Gasteiger partial charge in [0.25, 0.3) is 11.5 Å². The molecule has 0 unspecified atom stereocenters. The van der Waals surface area contributed by atoms with E-state index in [4.69, 9.17) is 11.6 Å². The molecule has 2 N–H and O–H groups in total. The maximum Gasteiger partial charge on any atom is 0.290 e. The molecule has 2 aromatic rings. The molecule has 0 radical (unpaired) electrons. The van der Waals surface area contributed by atoms with Crippen molar-refractivity contribution in [2.45, 2.75) is 13.0 Å². The number of hydrogen-bond acceptors (Lipinski definition) is 3. The van der Waals surface area contributed by atoms with Gasteiger partial charge in [-0.25, -0.2) is 4.39 Å². The summed E-state index contributed by atoms with van der Waals surface area (Å²) >= 11 is 5.73. The predicted molar refractivity (Wildman–Crippen MR) is 78.6 cm³/mol. The van der Waals surface area contributed by atoms with Crippen LogP contribution in [0.2, 0.25) is 5.02 Å². The van der Waals surface area contributed by atoms with Crippen molar-refractivity contribution in [1.82, 2.24) is 9.88 Å². The quantitative estimate of drug-likeness (QED) is 0.889. The van der Waals surface area contributed by atoms with E-state index in [0.717, 1.165) is 0 Å². The minimum Gasteiger partial charge on any atom is -0.502 e. The second-order valence-electron chi connectivity index (χ2n) is 5.09. The van der Waals surface area contributed by atoms with E-state index < -0.39 is 23.0 Å². The zero-order valence-electron chi connectivity index (χ0n) is 11.4. The molecule has 2 heterocycles. The molecule has 7 heteroatoms. The maximum atomic E-state index is 13.2. The van der Waals surface area contributed by atoms with Gasteiger partial charge in [0, 0.05) is 19.3 Å². The van der Waals surface area contributed by atoms with Crippen LogP contribution in [0, 0.1) is 5.82 Å². The summed E-state index contributed by atoms with van der Waals surface area (Å²) in [6.45, 7) is 0.664. The Hall–Kier alpha value is -2.34. The molecule has 3 rings (SSSR count). The Kier molecular flexibility index (Phi) is 3.62. The number of aromatic amines is 1. The van der Waals surface area contributed by atoms with Crippen LogP contribution < -0.4 is 5.56 Å². The normalized spacial score (nSPS) is 14.1. The first-order valence-electron chi connectivity index (χ1n) is 6.64. The molecule has 114 valence electrons. The minimum atomic E-state index is -0.696. The fraction of sp³-hybridized carbons (Fsp3) is 0.200. The number of fused-ring (bicyclic) bond motifs is 1. The van der Waals surface area contributed by atoms with Crippen molar-refractivity contribution in [3.8, 4) is 5.75 Å². The van der Waals surface area contributed by atoms with Gasteiger partial charge in [-0.2, -0.15) is 0 Å². The van der Waals surface area contributed by atoms with E-state index in [2.05, 4.69) is 4.98 Å². The van der Waals surface area contributed by atoms with Gasteiger partial charge in [-0.15, -0.1) is 0 Å². The van der Waals surface area contributed by atoms with Gasteiger partial charge in [-0.1, -0.05) is 17.7 Å². The van der Waals surface area contributed by atoms with Gasteiger partial charge in [0.15, 0.2) is 5.75 Å². The molecule has 0 bridgehead atoms. The van der Waals surface area contributed by atoms with E-state index in [1.54, 1.807) is 6.07 Å². The summed E-state index contributed by atoms with van der Waals surface area (Å²) in [5.74, 6) is -1.51. The monoisotopic (exact) mass is 322 g/mol. The van der Waals surface area contributed by atoms with Crippen LogP contribution in [0.15, 0.2) is 29.2 Å². The average molecular weight is 323 g/mol. The van der Waals surface area contributed by atoms with E-state index in [1.807, 2.05) is 0 Å². The third-order valence-electron chi connectivity index (χ3n) is 3.66. The van der Waals surface area contributed by atoms with Crippen molar-refractivity contribution >= 4 is 17.5 Å². The molecule has 1 aromatic carbocycles. The van der Waals surface area contributed by atoms with Crippen molar-refractivity contribution < 1.29 is 14.3 Å². The Balaban J connectivity index is 1.91. The maximum absolute atomic E-state index is 13.2. The molecule has 0 spiro atoms. The molecular weight excluding hydrogens is 311 g/mol. The van der Waals surface area contributed by atoms with Gasteiger partial charge in [0.1, 0.15) is 5.82 Å². The summed E-state index contributed by atoms with van der Waals surface area (Å²) in [6, 6.07) is 4.24. The van der Waals surface area contributed by atoms with E-state index in [9.17, 15) is 19.1 Å². The highest BCUT2D eigenvalue weighted by Crippen LogP contribution is 2.25. The SMILES string of the molecule is O=C1c2c(c[nH]c(=O)c2O)CCN1Cc1ccc(F)c(Cl)c1. The second kappa shape index (κ2) is 5.46. The molecule has 5 nitrogen and oxygen atoms in total. The number of aromatic hydroxyl groups is 1. The number of carbonyl (C=O) groups is 1. The molecule has 1 amide bonds. The minimum absolute atomic E-state index is 0.0124. The smallest absolute Gasteiger partial charge is 0.290 e. The number of H-pyrrole nitrogens is 1. The van der Waals surface area contributed by atoms with Crippen LogP contribution in [0.1, 0.15) is 21.5 Å². The lowest BCUT2D eigenvalue weighted by molar-refractivity contribution is 0.0722. The van der Waals surface area contributed by atoms with E-state index in [0.29, 0.717) is 24.1 Å². The number of carbonyl (C=O) groups excluding carboxylic acids is 1. The standard InChI is InChI=1S/C15H12ClFN2O3/c16-10-5-8(1-2-11(10)17)7-19-4-3-9-6-18-14(21)13(20)12(9)15(19)22/h1-2,5-6,20H,3-4,7H2,(H,18,21). The summed E-state index contributed by atoms with van der Waals surface area (Å²) < 4.78 is 13.2. The molecule has 1 aromatic heterocycles. The zero-order valence-corrected chi connectivity index (χ0v) is 12.2. The van der Waals surface area contributed by atoms with Crippen LogP contribution in [-0.4, -0.2) is 27.4 Å².